The predicted octanol–water partition coefficient (Wildman–Crippen LogP) is 3.83. The molecule has 0 spiro atoms. The molecule has 0 unspecified atom stereocenters. The lowest BCUT2D eigenvalue weighted by molar-refractivity contribution is 0.480. The average molecular weight is 246 g/mol. The lowest BCUT2D eigenvalue weighted by Crippen LogP contribution is -2.01. The lowest BCUT2D eigenvalue weighted by atomic mass is 10.3. The summed E-state index contributed by atoms with van der Waals surface area (Å²) in [4.78, 5) is 4.18. The Morgan fingerprint density at radius 2 is 1.94 bits per heavy atom. The van der Waals surface area contributed by atoms with Gasteiger partial charge in [-0.05, 0) is 36.8 Å². The van der Waals surface area contributed by atoms with Crippen molar-refractivity contribution in [2.24, 2.45) is 0 Å². The van der Waals surface area contributed by atoms with Gasteiger partial charge in [-0.1, -0.05) is 6.92 Å². The molecular formula is C14H15FN2O. The molecule has 0 fully saturated rings. The molecule has 1 N–H and O–H groups in total. The minimum atomic E-state index is -0.276. The third-order valence-electron chi connectivity index (χ3n) is 2.34. The topological polar surface area (TPSA) is 34.1 Å². The van der Waals surface area contributed by atoms with Gasteiger partial charge in [-0.25, -0.2) is 9.37 Å². The number of pyridine rings is 1. The number of nitrogens with one attached hydrogen (secondary N) is 1. The summed E-state index contributed by atoms with van der Waals surface area (Å²) < 4.78 is 18.4. The van der Waals surface area contributed by atoms with Gasteiger partial charge in [0, 0.05) is 18.8 Å². The zero-order valence-electron chi connectivity index (χ0n) is 10.2. The van der Waals surface area contributed by atoms with Crippen molar-refractivity contribution >= 4 is 5.82 Å². The number of anilines is 1. The summed E-state index contributed by atoms with van der Waals surface area (Å²) in [7, 11) is 0. The number of hydrogen-bond donors (Lipinski definition) is 1. The van der Waals surface area contributed by atoms with Gasteiger partial charge in [0.15, 0.2) is 0 Å². The molecule has 0 radical (unpaired) electrons. The van der Waals surface area contributed by atoms with Crippen molar-refractivity contribution in [1.82, 2.24) is 4.98 Å². The fraction of sp³-hybridized carbons (Fsp3) is 0.214. The number of aromatic nitrogens is 1. The number of nitrogens with zero attached hydrogens (tertiary/aromatic N) is 1. The van der Waals surface area contributed by atoms with Crippen LogP contribution in [0.4, 0.5) is 10.2 Å². The van der Waals surface area contributed by atoms with Gasteiger partial charge >= 0.3 is 0 Å². The normalized spacial score (nSPS) is 10.1. The molecule has 0 saturated heterocycles. The van der Waals surface area contributed by atoms with Crippen LogP contribution in [0.2, 0.25) is 0 Å². The van der Waals surface area contributed by atoms with Crippen LogP contribution in [-0.4, -0.2) is 11.5 Å². The van der Waals surface area contributed by atoms with Crippen molar-refractivity contribution < 1.29 is 9.13 Å². The Labute approximate surface area is 106 Å². The fourth-order valence-electron chi connectivity index (χ4n) is 1.46. The summed E-state index contributed by atoms with van der Waals surface area (Å²) in [5, 5.41) is 3.18. The minimum absolute atomic E-state index is 0.276. The quantitative estimate of drug-likeness (QED) is 0.870. The molecule has 0 aliphatic rings. The summed E-state index contributed by atoms with van der Waals surface area (Å²) in [5.74, 6) is 1.78. The minimum Gasteiger partial charge on any atom is -0.457 e. The monoisotopic (exact) mass is 246 g/mol. The van der Waals surface area contributed by atoms with Crippen molar-refractivity contribution in [3.8, 4) is 11.5 Å². The third kappa shape index (κ3) is 3.45. The van der Waals surface area contributed by atoms with Crippen molar-refractivity contribution in [1.29, 1.82) is 0 Å². The van der Waals surface area contributed by atoms with Gasteiger partial charge in [0.1, 0.15) is 23.1 Å². The lowest BCUT2D eigenvalue weighted by Gasteiger charge is -2.08. The SMILES string of the molecule is CCCNc1cc(Oc2ccc(F)cc2)ccn1. The predicted molar refractivity (Wildman–Crippen MR) is 69.5 cm³/mol. The molecule has 18 heavy (non-hydrogen) atoms. The van der Waals surface area contributed by atoms with Crippen molar-refractivity contribution in [2.75, 3.05) is 11.9 Å². The first kappa shape index (κ1) is 12.4. The van der Waals surface area contributed by atoms with Gasteiger partial charge in [0.05, 0.1) is 0 Å². The molecule has 3 nitrogen and oxygen atoms in total. The van der Waals surface area contributed by atoms with Gasteiger partial charge in [0.25, 0.3) is 0 Å². The van der Waals surface area contributed by atoms with E-state index in [1.807, 2.05) is 6.07 Å². The van der Waals surface area contributed by atoms with Gasteiger partial charge in [-0.2, -0.15) is 0 Å². The molecule has 2 rings (SSSR count). The van der Waals surface area contributed by atoms with Crippen molar-refractivity contribution in [3.05, 3.63) is 48.4 Å². The molecule has 0 atom stereocenters. The highest BCUT2D eigenvalue weighted by atomic mass is 19.1. The Balaban J connectivity index is 2.06. The summed E-state index contributed by atoms with van der Waals surface area (Å²) in [5.41, 5.74) is 0. The van der Waals surface area contributed by atoms with Crippen molar-refractivity contribution in [3.63, 3.8) is 0 Å². The van der Waals surface area contributed by atoms with Crippen LogP contribution in [-0.2, 0) is 0 Å². The summed E-state index contributed by atoms with van der Waals surface area (Å²) in [6.07, 6.45) is 2.71. The van der Waals surface area contributed by atoms with E-state index < -0.39 is 0 Å². The van der Waals surface area contributed by atoms with Crippen LogP contribution < -0.4 is 10.1 Å². The molecule has 1 aromatic heterocycles. The molecule has 94 valence electrons. The van der Waals surface area contributed by atoms with E-state index in [1.54, 1.807) is 24.4 Å². The maximum atomic E-state index is 12.8. The molecule has 0 aliphatic heterocycles. The van der Waals surface area contributed by atoms with Crippen molar-refractivity contribution in [2.45, 2.75) is 13.3 Å². The van der Waals surface area contributed by atoms with Gasteiger partial charge in [-0.3, -0.25) is 0 Å². The Bertz CT molecular complexity index is 499. The number of hydrogen-bond acceptors (Lipinski definition) is 3. The molecular weight excluding hydrogens is 231 g/mol. The van der Waals surface area contributed by atoms with E-state index >= 15 is 0 Å². The van der Waals surface area contributed by atoms with E-state index in [4.69, 9.17) is 4.74 Å². The second-order valence-electron chi connectivity index (χ2n) is 3.86. The van der Waals surface area contributed by atoms with Crippen LogP contribution in [0.5, 0.6) is 11.5 Å². The molecule has 0 amide bonds. The first-order valence-electron chi connectivity index (χ1n) is 5.91. The molecule has 0 saturated carbocycles. The van der Waals surface area contributed by atoms with Gasteiger partial charge < -0.3 is 10.1 Å². The second-order valence-corrected chi connectivity index (χ2v) is 3.86. The van der Waals surface area contributed by atoms with Gasteiger partial charge in [-0.15, -0.1) is 0 Å². The van der Waals surface area contributed by atoms with Crippen LogP contribution in [0.15, 0.2) is 42.6 Å². The van der Waals surface area contributed by atoms with E-state index in [0.717, 1.165) is 18.8 Å². The summed E-state index contributed by atoms with van der Waals surface area (Å²) in [6.45, 7) is 2.96. The largest absolute Gasteiger partial charge is 0.457 e. The molecule has 0 aliphatic carbocycles. The number of halogens is 1. The Hall–Kier alpha value is -2.10. The van der Waals surface area contributed by atoms with Crippen LogP contribution in [0, 0.1) is 5.82 Å². The molecule has 2 aromatic rings. The van der Waals surface area contributed by atoms with E-state index in [-0.39, 0.29) is 5.82 Å². The highest BCUT2D eigenvalue weighted by Crippen LogP contribution is 2.22. The van der Waals surface area contributed by atoms with Crippen LogP contribution >= 0.6 is 0 Å². The van der Waals surface area contributed by atoms with E-state index in [2.05, 4.69) is 17.2 Å². The molecule has 1 aromatic carbocycles. The zero-order valence-corrected chi connectivity index (χ0v) is 10.2. The number of ether oxygens (including phenoxy) is 1. The average Bonchev–Trinajstić information content (AvgIpc) is 2.40. The summed E-state index contributed by atoms with van der Waals surface area (Å²) >= 11 is 0. The molecule has 4 heteroatoms. The number of rotatable bonds is 5. The van der Waals surface area contributed by atoms with E-state index in [9.17, 15) is 4.39 Å². The van der Waals surface area contributed by atoms with E-state index in [0.29, 0.717) is 11.5 Å². The number of benzene rings is 1. The standard InChI is InChI=1S/C14H15FN2O/c1-2-8-16-14-10-13(7-9-17-14)18-12-5-3-11(15)4-6-12/h3-7,9-10H,2,8H2,1H3,(H,16,17). The van der Waals surface area contributed by atoms with E-state index in [1.165, 1.54) is 12.1 Å². The van der Waals surface area contributed by atoms with Crippen LogP contribution in [0.25, 0.3) is 0 Å². The van der Waals surface area contributed by atoms with Crippen LogP contribution in [0.3, 0.4) is 0 Å². The Morgan fingerprint density at radius 1 is 1.17 bits per heavy atom. The maximum absolute atomic E-state index is 12.8. The molecule has 1 heterocycles. The third-order valence-corrected chi connectivity index (χ3v) is 2.34. The second kappa shape index (κ2) is 6.00. The molecule has 0 bridgehead atoms. The Morgan fingerprint density at radius 3 is 2.67 bits per heavy atom. The highest BCUT2D eigenvalue weighted by molar-refractivity contribution is 5.42. The maximum Gasteiger partial charge on any atom is 0.132 e. The highest BCUT2D eigenvalue weighted by Gasteiger charge is 2.00. The zero-order chi connectivity index (χ0) is 12.8. The van der Waals surface area contributed by atoms with Crippen LogP contribution in [0.1, 0.15) is 13.3 Å². The Kier molecular flexibility index (Phi) is 4.12. The summed E-state index contributed by atoms with van der Waals surface area (Å²) in [6, 6.07) is 9.50. The smallest absolute Gasteiger partial charge is 0.132 e. The van der Waals surface area contributed by atoms with Gasteiger partial charge in [0.2, 0.25) is 0 Å². The fourth-order valence-corrected chi connectivity index (χ4v) is 1.46. The first-order valence-corrected chi connectivity index (χ1v) is 5.91. The first-order chi connectivity index (χ1) is 8.78.